The van der Waals surface area contributed by atoms with Crippen LogP contribution in [0.5, 0.6) is 0 Å². The Hall–Kier alpha value is -1.28. The van der Waals surface area contributed by atoms with Gasteiger partial charge in [-0.1, -0.05) is 44.2 Å². The number of rotatable bonds is 7. The van der Waals surface area contributed by atoms with Crippen molar-refractivity contribution in [2.75, 3.05) is 14.2 Å². The Morgan fingerprint density at radius 1 is 1.05 bits per heavy atom. The van der Waals surface area contributed by atoms with Crippen LogP contribution in [0.1, 0.15) is 39.2 Å². The molecule has 0 N–H and O–H groups in total. The summed E-state index contributed by atoms with van der Waals surface area (Å²) in [6.07, 6.45) is 2.22. The molecule has 0 fully saturated rings. The molecule has 0 aliphatic carbocycles. The van der Waals surface area contributed by atoms with Crippen molar-refractivity contribution in [1.82, 2.24) is 0 Å². The van der Waals surface area contributed by atoms with Gasteiger partial charge in [0.05, 0.1) is 13.2 Å². The molecule has 2 heteroatoms. The molecular formula is C17H26O2. The van der Waals surface area contributed by atoms with E-state index in [2.05, 4.69) is 32.9 Å². The first-order valence-corrected chi connectivity index (χ1v) is 6.95. The van der Waals surface area contributed by atoms with Crippen LogP contribution in [-0.4, -0.2) is 20.3 Å². The fourth-order valence-electron chi connectivity index (χ4n) is 2.11. The van der Waals surface area contributed by atoms with Gasteiger partial charge >= 0.3 is 0 Å². The zero-order chi connectivity index (χ0) is 14.3. The van der Waals surface area contributed by atoms with Crippen molar-refractivity contribution in [3.8, 4) is 0 Å². The lowest BCUT2D eigenvalue weighted by molar-refractivity contribution is 0.141. The smallest absolute Gasteiger partial charge is 0.127 e. The van der Waals surface area contributed by atoms with Gasteiger partial charge in [-0.15, -0.1) is 0 Å². The van der Waals surface area contributed by atoms with E-state index in [9.17, 15) is 0 Å². The van der Waals surface area contributed by atoms with Gasteiger partial charge < -0.3 is 9.47 Å². The van der Waals surface area contributed by atoms with Gasteiger partial charge in [0, 0.05) is 18.2 Å². The first kappa shape index (κ1) is 15.8. The highest BCUT2D eigenvalue weighted by molar-refractivity contribution is 5.63. The Morgan fingerprint density at radius 2 is 1.68 bits per heavy atom. The Balaban J connectivity index is 3.11. The summed E-state index contributed by atoms with van der Waals surface area (Å²) in [5.74, 6) is 1.63. The molecule has 106 valence electrons. The van der Waals surface area contributed by atoms with E-state index < -0.39 is 0 Å². The summed E-state index contributed by atoms with van der Waals surface area (Å²) in [6.45, 7) is 6.56. The monoisotopic (exact) mass is 262 g/mol. The summed E-state index contributed by atoms with van der Waals surface area (Å²) in [7, 11) is 3.48. The molecule has 0 heterocycles. The molecule has 0 aliphatic rings. The average molecular weight is 262 g/mol. The number of methoxy groups -OCH3 is 2. The molecule has 19 heavy (non-hydrogen) atoms. The number of ether oxygens (including phenoxy) is 2. The van der Waals surface area contributed by atoms with Gasteiger partial charge in [0.25, 0.3) is 0 Å². The maximum atomic E-state index is 5.65. The SMILES string of the molecule is COC(=C(CCC(C)C)C(C)OC)c1ccccc1. The van der Waals surface area contributed by atoms with E-state index in [1.165, 1.54) is 5.57 Å². The predicted molar refractivity (Wildman–Crippen MR) is 80.9 cm³/mol. The molecule has 0 aromatic heterocycles. The minimum atomic E-state index is 0.0777. The van der Waals surface area contributed by atoms with Crippen molar-refractivity contribution in [3.63, 3.8) is 0 Å². The molecule has 0 saturated carbocycles. The minimum Gasteiger partial charge on any atom is -0.496 e. The van der Waals surface area contributed by atoms with Gasteiger partial charge in [0.1, 0.15) is 5.76 Å². The Morgan fingerprint density at radius 3 is 2.16 bits per heavy atom. The van der Waals surface area contributed by atoms with Crippen molar-refractivity contribution in [2.45, 2.75) is 39.7 Å². The molecule has 2 nitrogen and oxygen atoms in total. The number of hydrogen-bond acceptors (Lipinski definition) is 2. The minimum absolute atomic E-state index is 0.0777. The standard InChI is InChI=1S/C17H26O2/c1-13(2)11-12-16(14(3)18-4)17(19-5)15-9-7-6-8-10-15/h6-10,13-14H,11-12H2,1-5H3. The molecule has 0 amide bonds. The van der Waals surface area contributed by atoms with E-state index in [1.807, 2.05) is 18.2 Å². The Bertz CT molecular complexity index is 393. The van der Waals surface area contributed by atoms with E-state index in [0.29, 0.717) is 5.92 Å². The molecule has 1 unspecified atom stereocenters. The lowest BCUT2D eigenvalue weighted by atomic mass is 9.96. The lowest BCUT2D eigenvalue weighted by Gasteiger charge is -2.20. The van der Waals surface area contributed by atoms with Crippen LogP contribution in [0.25, 0.3) is 5.76 Å². The first-order valence-electron chi connectivity index (χ1n) is 6.95. The third-order valence-corrected chi connectivity index (χ3v) is 3.37. The summed E-state index contributed by atoms with van der Waals surface area (Å²) in [5.41, 5.74) is 2.36. The van der Waals surface area contributed by atoms with Gasteiger partial charge in [-0.05, 0) is 25.7 Å². The fourth-order valence-corrected chi connectivity index (χ4v) is 2.11. The van der Waals surface area contributed by atoms with Crippen LogP contribution in [0, 0.1) is 5.92 Å². The summed E-state index contributed by atoms with van der Waals surface area (Å²) < 4.78 is 11.2. The van der Waals surface area contributed by atoms with E-state index in [4.69, 9.17) is 9.47 Å². The van der Waals surface area contributed by atoms with E-state index >= 15 is 0 Å². The lowest BCUT2D eigenvalue weighted by Crippen LogP contribution is -2.13. The second-order valence-corrected chi connectivity index (χ2v) is 5.23. The second kappa shape index (κ2) is 8.00. The van der Waals surface area contributed by atoms with Gasteiger partial charge in [-0.3, -0.25) is 0 Å². The van der Waals surface area contributed by atoms with Crippen LogP contribution < -0.4 is 0 Å². The Kier molecular flexibility index (Phi) is 6.65. The number of benzene rings is 1. The highest BCUT2D eigenvalue weighted by Gasteiger charge is 2.16. The van der Waals surface area contributed by atoms with E-state index in [0.717, 1.165) is 24.2 Å². The van der Waals surface area contributed by atoms with Gasteiger partial charge in [-0.25, -0.2) is 0 Å². The maximum Gasteiger partial charge on any atom is 0.127 e. The molecule has 0 aliphatic heterocycles. The second-order valence-electron chi connectivity index (χ2n) is 5.23. The molecule has 0 bridgehead atoms. The molecule has 0 saturated heterocycles. The normalized spacial score (nSPS) is 14.2. The molecular weight excluding hydrogens is 236 g/mol. The summed E-state index contributed by atoms with van der Waals surface area (Å²) >= 11 is 0. The third kappa shape index (κ3) is 4.71. The van der Waals surface area contributed by atoms with Gasteiger partial charge in [-0.2, -0.15) is 0 Å². The summed E-state index contributed by atoms with van der Waals surface area (Å²) in [4.78, 5) is 0. The first-order chi connectivity index (χ1) is 9.10. The van der Waals surface area contributed by atoms with Crippen molar-refractivity contribution < 1.29 is 9.47 Å². The average Bonchev–Trinajstić information content (AvgIpc) is 2.43. The van der Waals surface area contributed by atoms with Crippen LogP contribution >= 0.6 is 0 Å². The predicted octanol–water partition coefficient (Wildman–Crippen LogP) is 4.52. The molecule has 1 aromatic carbocycles. The van der Waals surface area contributed by atoms with Crippen molar-refractivity contribution >= 4 is 5.76 Å². The third-order valence-electron chi connectivity index (χ3n) is 3.37. The van der Waals surface area contributed by atoms with Crippen LogP contribution in [0.2, 0.25) is 0 Å². The van der Waals surface area contributed by atoms with Crippen molar-refractivity contribution in [1.29, 1.82) is 0 Å². The molecule has 1 rings (SSSR count). The van der Waals surface area contributed by atoms with Crippen LogP contribution in [-0.2, 0) is 9.47 Å². The fraction of sp³-hybridized carbons (Fsp3) is 0.529. The summed E-state index contributed by atoms with van der Waals surface area (Å²) in [6, 6.07) is 10.2. The molecule has 1 aromatic rings. The highest BCUT2D eigenvalue weighted by atomic mass is 16.5. The highest BCUT2D eigenvalue weighted by Crippen LogP contribution is 2.27. The van der Waals surface area contributed by atoms with Crippen LogP contribution in [0.3, 0.4) is 0 Å². The zero-order valence-corrected chi connectivity index (χ0v) is 12.8. The topological polar surface area (TPSA) is 18.5 Å². The van der Waals surface area contributed by atoms with Gasteiger partial charge in [0.2, 0.25) is 0 Å². The zero-order valence-electron chi connectivity index (χ0n) is 12.8. The number of hydrogen-bond donors (Lipinski definition) is 0. The van der Waals surface area contributed by atoms with E-state index in [-0.39, 0.29) is 6.10 Å². The summed E-state index contributed by atoms with van der Waals surface area (Å²) in [5, 5.41) is 0. The molecule has 0 spiro atoms. The van der Waals surface area contributed by atoms with Crippen LogP contribution in [0.15, 0.2) is 35.9 Å². The van der Waals surface area contributed by atoms with Gasteiger partial charge in [0.15, 0.2) is 0 Å². The van der Waals surface area contributed by atoms with Crippen molar-refractivity contribution in [3.05, 3.63) is 41.5 Å². The van der Waals surface area contributed by atoms with Crippen molar-refractivity contribution in [2.24, 2.45) is 5.92 Å². The molecule has 0 radical (unpaired) electrons. The van der Waals surface area contributed by atoms with Crippen LogP contribution in [0.4, 0.5) is 0 Å². The van der Waals surface area contributed by atoms with E-state index in [1.54, 1.807) is 14.2 Å². The largest absolute Gasteiger partial charge is 0.496 e. The quantitative estimate of drug-likeness (QED) is 0.673. The Labute approximate surface area is 117 Å². The maximum absolute atomic E-state index is 5.65. The molecule has 1 atom stereocenters.